The number of benzene rings is 2. The van der Waals surface area contributed by atoms with Crippen LogP contribution in [0.1, 0.15) is 15.9 Å². The molecule has 6 nitrogen and oxygen atoms in total. The van der Waals surface area contributed by atoms with Crippen molar-refractivity contribution >= 4 is 23.4 Å². The Morgan fingerprint density at radius 3 is 2.62 bits per heavy atom. The Labute approximate surface area is 164 Å². The highest BCUT2D eigenvalue weighted by molar-refractivity contribution is 5.80. The van der Waals surface area contributed by atoms with E-state index in [0.717, 1.165) is 28.8 Å². The maximum Gasteiger partial charge on any atom is 0.387 e. The molecule has 0 atom stereocenters. The van der Waals surface area contributed by atoms with E-state index in [2.05, 4.69) is 20.0 Å². The third-order valence-corrected chi connectivity index (χ3v) is 4.46. The van der Waals surface area contributed by atoms with Crippen LogP contribution in [0.15, 0.2) is 61.1 Å². The Hall–Kier alpha value is -3.81. The van der Waals surface area contributed by atoms with E-state index < -0.39 is 6.61 Å². The lowest BCUT2D eigenvalue weighted by Crippen LogP contribution is -2.01. The van der Waals surface area contributed by atoms with Crippen LogP contribution in [0.4, 0.5) is 20.3 Å². The highest BCUT2D eigenvalue weighted by atomic mass is 19.3. The van der Waals surface area contributed by atoms with Crippen molar-refractivity contribution in [2.75, 3.05) is 5.32 Å². The number of hydrogen-bond donors (Lipinski definition) is 1. The number of hydrogen-bond acceptors (Lipinski definition) is 5. The number of carbonyl (C=O) groups is 1. The summed E-state index contributed by atoms with van der Waals surface area (Å²) in [6, 6.07) is 11.8. The van der Waals surface area contributed by atoms with E-state index in [9.17, 15) is 13.6 Å². The standard InChI is InChI=1S/C21H16F2N4O2/c1-13-10-16(5-2-15(13)12-28)26-19-20-25-11-18(27(20)9-8-24-19)14-3-6-17(7-4-14)29-21(22)23/h2-12,21H,1H3,(H,24,26). The molecule has 0 saturated carbocycles. The van der Waals surface area contributed by atoms with Gasteiger partial charge < -0.3 is 10.1 Å². The third-order valence-electron chi connectivity index (χ3n) is 4.46. The SMILES string of the molecule is Cc1cc(Nc2nccn3c(-c4ccc(OC(F)F)cc4)cnc23)ccc1C=O. The molecule has 1 N–H and O–H groups in total. The summed E-state index contributed by atoms with van der Waals surface area (Å²) < 4.78 is 30.9. The lowest BCUT2D eigenvalue weighted by atomic mass is 10.1. The zero-order valence-corrected chi connectivity index (χ0v) is 15.3. The van der Waals surface area contributed by atoms with E-state index in [-0.39, 0.29) is 5.75 Å². The molecule has 0 spiro atoms. The Morgan fingerprint density at radius 1 is 1.14 bits per heavy atom. The molecule has 0 aliphatic heterocycles. The number of imidazole rings is 1. The number of alkyl halides is 2. The van der Waals surface area contributed by atoms with Crippen molar-refractivity contribution < 1.29 is 18.3 Å². The summed E-state index contributed by atoms with van der Waals surface area (Å²) in [5.41, 5.74) is 4.44. The molecule has 0 unspecified atom stereocenters. The second-order valence-electron chi connectivity index (χ2n) is 6.33. The number of halogens is 2. The summed E-state index contributed by atoms with van der Waals surface area (Å²) in [6.07, 6.45) is 5.91. The molecule has 0 fully saturated rings. The average Bonchev–Trinajstić information content (AvgIpc) is 3.13. The fourth-order valence-corrected chi connectivity index (χ4v) is 3.05. The molecule has 4 rings (SSSR count). The minimum atomic E-state index is -2.86. The maximum atomic E-state index is 12.3. The molecule has 2 heterocycles. The van der Waals surface area contributed by atoms with Crippen LogP contribution in [-0.2, 0) is 0 Å². The average molecular weight is 394 g/mol. The molecule has 0 bridgehead atoms. The van der Waals surface area contributed by atoms with Crippen molar-refractivity contribution in [3.63, 3.8) is 0 Å². The lowest BCUT2D eigenvalue weighted by molar-refractivity contribution is -0.0498. The summed E-state index contributed by atoms with van der Waals surface area (Å²) in [5, 5.41) is 3.22. The van der Waals surface area contributed by atoms with Gasteiger partial charge in [0.25, 0.3) is 0 Å². The fraction of sp³-hybridized carbons (Fsp3) is 0.0952. The molecule has 0 amide bonds. The topological polar surface area (TPSA) is 68.5 Å². The predicted molar refractivity (Wildman–Crippen MR) is 105 cm³/mol. The Balaban J connectivity index is 1.66. The minimum absolute atomic E-state index is 0.0933. The van der Waals surface area contributed by atoms with Crippen molar-refractivity contribution in [3.8, 4) is 17.0 Å². The minimum Gasteiger partial charge on any atom is -0.435 e. The van der Waals surface area contributed by atoms with Crippen LogP contribution in [-0.4, -0.2) is 27.3 Å². The third kappa shape index (κ3) is 3.77. The molecular weight excluding hydrogens is 378 g/mol. The molecule has 146 valence electrons. The first-order chi connectivity index (χ1) is 14.0. The van der Waals surface area contributed by atoms with Gasteiger partial charge in [0.2, 0.25) is 0 Å². The van der Waals surface area contributed by atoms with Crippen LogP contribution in [0.3, 0.4) is 0 Å². The van der Waals surface area contributed by atoms with Crippen molar-refractivity contribution in [1.29, 1.82) is 0 Å². The van der Waals surface area contributed by atoms with Gasteiger partial charge in [0.15, 0.2) is 11.5 Å². The van der Waals surface area contributed by atoms with Gasteiger partial charge >= 0.3 is 6.61 Å². The van der Waals surface area contributed by atoms with Gasteiger partial charge in [-0.05, 0) is 55.0 Å². The van der Waals surface area contributed by atoms with Gasteiger partial charge in [-0.3, -0.25) is 9.20 Å². The molecule has 2 aromatic carbocycles. The fourth-order valence-electron chi connectivity index (χ4n) is 3.05. The van der Waals surface area contributed by atoms with E-state index in [1.807, 2.05) is 17.4 Å². The van der Waals surface area contributed by atoms with Crippen molar-refractivity contribution in [3.05, 3.63) is 72.2 Å². The van der Waals surface area contributed by atoms with E-state index >= 15 is 0 Å². The van der Waals surface area contributed by atoms with Gasteiger partial charge in [-0.1, -0.05) is 0 Å². The monoisotopic (exact) mass is 394 g/mol. The van der Waals surface area contributed by atoms with Gasteiger partial charge in [-0.25, -0.2) is 9.97 Å². The molecule has 29 heavy (non-hydrogen) atoms. The number of fused-ring (bicyclic) bond motifs is 1. The number of carbonyl (C=O) groups excluding carboxylic acids is 1. The number of rotatable bonds is 6. The number of aromatic nitrogens is 3. The molecule has 2 aromatic heterocycles. The molecule has 4 aromatic rings. The predicted octanol–water partition coefficient (Wildman–Crippen LogP) is 4.86. The van der Waals surface area contributed by atoms with Crippen LogP contribution in [0.5, 0.6) is 5.75 Å². The number of nitrogens with zero attached hydrogens (tertiary/aromatic N) is 3. The van der Waals surface area contributed by atoms with Gasteiger partial charge in [0, 0.05) is 29.2 Å². The Kier molecular flexibility index (Phi) is 4.90. The highest BCUT2D eigenvalue weighted by Crippen LogP contribution is 2.27. The Bertz CT molecular complexity index is 1170. The van der Waals surface area contributed by atoms with Crippen molar-refractivity contribution in [1.82, 2.24) is 14.4 Å². The molecule has 8 heteroatoms. The van der Waals surface area contributed by atoms with Gasteiger partial charge in [0.1, 0.15) is 12.0 Å². The van der Waals surface area contributed by atoms with Crippen LogP contribution >= 0.6 is 0 Å². The van der Waals surface area contributed by atoms with Gasteiger partial charge in [-0.2, -0.15) is 8.78 Å². The number of anilines is 2. The van der Waals surface area contributed by atoms with Crippen LogP contribution < -0.4 is 10.1 Å². The number of ether oxygens (including phenoxy) is 1. The Morgan fingerprint density at radius 2 is 1.93 bits per heavy atom. The first-order valence-electron chi connectivity index (χ1n) is 8.75. The van der Waals surface area contributed by atoms with E-state index in [0.29, 0.717) is 17.0 Å². The summed E-state index contributed by atoms with van der Waals surface area (Å²) in [4.78, 5) is 19.8. The zero-order valence-electron chi connectivity index (χ0n) is 15.3. The summed E-state index contributed by atoms with van der Waals surface area (Å²) in [7, 11) is 0. The maximum absolute atomic E-state index is 12.3. The molecule has 0 aliphatic carbocycles. The smallest absolute Gasteiger partial charge is 0.387 e. The van der Waals surface area contributed by atoms with Crippen molar-refractivity contribution in [2.24, 2.45) is 0 Å². The number of aldehydes is 1. The summed E-state index contributed by atoms with van der Waals surface area (Å²) >= 11 is 0. The summed E-state index contributed by atoms with van der Waals surface area (Å²) in [6.45, 7) is -1.00. The van der Waals surface area contributed by atoms with Crippen LogP contribution in [0.25, 0.3) is 16.9 Å². The number of nitrogens with one attached hydrogen (secondary N) is 1. The summed E-state index contributed by atoms with van der Waals surface area (Å²) in [5.74, 6) is 0.644. The molecule has 0 radical (unpaired) electrons. The molecular formula is C21H16F2N4O2. The quantitative estimate of drug-likeness (QED) is 0.473. The lowest BCUT2D eigenvalue weighted by Gasteiger charge is -2.09. The zero-order chi connectivity index (χ0) is 20.4. The highest BCUT2D eigenvalue weighted by Gasteiger charge is 2.12. The van der Waals surface area contributed by atoms with Crippen molar-refractivity contribution in [2.45, 2.75) is 13.5 Å². The normalized spacial score (nSPS) is 11.0. The van der Waals surface area contributed by atoms with E-state index in [4.69, 9.17) is 0 Å². The number of aryl methyl sites for hydroxylation is 1. The largest absolute Gasteiger partial charge is 0.435 e. The van der Waals surface area contributed by atoms with Gasteiger partial charge in [0.05, 0.1) is 11.9 Å². The van der Waals surface area contributed by atoms with E-state index in [1.54, 1.807) is 42.9 Å². The molecule has 0 aliphatic rings. The van der Waals surface area contributed by atoms with Gasteiger partial charge in [-0.15, -0.1) is 0 Å². The second-order valence-corrected chi connectivity index (χ2v) is 6.33. The first-order valence-corrected chi connectivity index (χ1v) is 8.75. The van der Waals surface area contributed by atoms with Crippen LogP contribution in [0.2, 0.25) is 0 Å². The molecule has 0 saturated heterocycles. The first kappa shape index (κ1) is 18.5. The van der Waals surface area contributed by atoms with Crippen LogP contribution in [0, 0.1) is 6.92 Å². The second kappa shape index (κ2) is 7.67. The van der Waals surface area contributed by atoms with E-state index in [1.165, 1.54) is 12.1 Å².